The number of anilines is 1. The minimum Gasteiger partial charge on any atom is -0.326 e. The van der Waals surface area contributed by atoms with E-state index in [1.807, 2.05) is 44.3 Å². The van der Waals surface area contributed by atoms with Crippen LogP contribution in [0.5, 0.6) is 0 Å². The topological polar surface area (TPSA) is 93.1 Å². The molecule has 0 aliphatic heterocycles. The molecule has 1 heterocycles. The number of rotatable bonds is 8. The van der Waals surface area contributed by atoms with Gasteiger partial charge in [-0.15, -0.1) is 0 Å². The lowest BCUT2D eigenvalue weighted by atomic mass is 10.1. The van der Waals surface area contributed by atoms with Gasteiger partial charge in [-0.2, -0.15) is 5.10 Å². The van der Waals surface area contributed by atoms with Gasteiger partial charge < -0.3 is 5.32 Å². The second-order valence-corrected chi connectivity index (χ2v) is 8.61. The highest BCUT2D eigenvalue weighted by atomic mass is 32.2. The number of benzene rings is 2. The van der Waals surface area contributed by atoms with Gasteiger partial charge in [0, 0.05) is 31.0 Å². The van der Waals surface area contributed by atoms with Crippen molar-refractivity contribution in [3.63, 3.8) is 0 Å². The van der Waals surface area contributed by atoms with E-state index in [4.69, 9.17) is 0 Å². The molecule has 0 saturated heterocycles. The SMILES string of the molecule is Cc1ccc(S(=O)(=O)NCCC(=O)Nc2cccc(Cn3cccn3)c2)cc1C. The van der Waals surface area contributed by atoms with Crippen LogP contribution in [-0.2, 0) is 21.4 Å². The average molecular weight is 413 g/mol. The third-order valence-corrected chi connectivity index (χ3v) is 6.01. The number of nitrogens with zero attached hydrogens (tertiary/aromatic N) is 2. The summed E-state index contributed by atoms with van der Waals surface area (Å²) in [6.07, 6.45) is 3.62. The van der Waals surface area contributed by atoms with Crippen molar-refractivity contribution in [2.24, 2.45) is 0 Å². The van der Waals surface area contributed by atoms with Crippen LogP contribution in [0.2, 0.25) is 0 Å². The van der Waals surface area contributed by atoms with Gasteiger partial charge in [-0.1, -0.05) is 18.2 Å². The lowest BCUT2D eigenvalue weighted by molar-refractivity contribution is -0.116. The molecule has 1 amide bonds. The van der Waals surface area contributed by atoms with Crippen molar-refractivity contribution in [2.45, 2.75) is 31.7 Å². The first kappa shape index (κ1) is 20.8. The first-order valence-corrected chi connectivity index (χ1v) is 10.7. The minimum atomic E-state index is -3.64. The Morgan fingerprint density at radius 2 is 1.90 bits per heavy atom. The maximum atomic E-state index is 12.4. The van der Waals surface area contributed by atoms with Gasteiger partial charge in [0.05, 0.1) is 11.4 Å². The van der Waals surface area contributed by atoms with Crippen LogP contribution in [0.4, 0.5) is 5.69 Å². The Hall–Kier alpha value is -2.97. The molecule has 152 valence electrons. The molecule has 8 heteroatoms. The van der Waals surface area contributed by atoms with E-state index < -0.39 is 10.0 Å². The van der Waals surface area contributed by atoms with E-state index in [-0.39, 0.29) is 23.8 Å². The Morgan fingerprint density at radius 1 is 1.07 bits per heavy atom. The molecule has 7 nitrogen and oxygen atoms in total. The van der Waals surface area contributed by atoms with Gasteiger partial charge in [-0.25, -0.2) is 13.1 Å². The summed E-state index contributed by atoms with van der Waals surface area (Å²) in [6, 6.07) is 14.3. The van der Waals surface area contributed by atoms with Crippen LogP contribution in [0.15, 0.2) is 65.8 Å². The summed E-state index contributed by atoms with van der Waals surface area (Å²) in [5.41, 5.74) is 3.59. The largest absolute Gasteiger partial charge is 0.326 e. The molecule has 3 rings (SSSR count). The molecule has 0 aliphatic carbocycles. The first-order valence-electron chi connectivity index (χ1n) is 9.27. The summed E-state index contributed by atoms with van der Waals surface area (Å²) in [5.74, 6) is -0.260. The van der Waals surface area contributed by atoms with Crippen molar-refractivity contribution in [2.75, 3.05) is 11.9 Å². The zero-order chi connectivity index (χ0) is 20.9. The Labute approximate surface area is 170 Å². The Balaban J connectivity index is 1.52. The quantitative estimate of drug-likeness (QED) is 0.595. The summed E-state index contributed by atoms with van der Waals surface area (Å²) < 4.78 is 29.0. The summed E-state index contributed by atoms with van der Waals surface area (Å²) in [4.78, 5) is 12.4. The van der Waals surface area contributed by atoms with Crippen LogP contribution in [0.3, 0.4) is 0 Å². The van der Waals surface area contributed by atoms with Crippen molar-refractivity contribution in [3.05, 3.63) is 77.6 Å². The predicted octanol–water partition coefficient (Wildman–Crippen LogP) is 2.86. The normalized spacial score (nSPS) is 11.4. The highest BCUT2D eigenvalue weighted by Crippen LogP contribution is 2.15. The fraction of sp³-hybridized carbons (Fsp3) is 0.238. The van der Waals surface area contributed by atoms with E-state index in [1.165, 1.54) is 0 Å². The first-order chi connectivity index (χ1) is 13.8. The summed E-state index contributed by atoms with van der Waals surface area (Å²) in [7, 11) is -3.64. The lowest BCUT2D eigenvalue weighted by Crippen LogP contribution is -2.28. The molecule has 1 aromatic heterocycles. The molecule has 2 N–H and O–H groups in total. The van der Waals surface area contributed by atoms with Gasteiger partial charge in [0.15, 0.2) is 0 Å². The van der Waals surface area contributed by atoms with Crippen molar-refractivity contribution in [3.8, 4) is 0 Å². The average Bonchev–Trinajstić information content (AvgIpc) is 3.17. The number of carbonyl (C=O) groups excluding carboxylic acids is 1. The van der Waals surface area contributed by atoms with E-state index in [0.717, 1.165) is 16.7 Å². The number of aromatic nitrogens is 2. The molecule has 3 aromatic rings. The molecule has 0 atom stereocenters. The molecule has 0 fully saturated rings. The summed E-state index contributed by atoms with van der Waals surface area (Å²) in [6.45, 7) is 4.41. The van der Waals surface area contributed by atoms with Gasteiger partial charge in [-0.3, -0.25) is 9.48 Å². The van der Waals surface area contributed by atoms with Crippen molar-refractivity contribution >= 4 is 21.6 Å². The number of sulfonamides is 1. The van der Waals surface area contributed by atoms with E-state index in [1.54, 1.807) is 35.1 Å². The smallest absolute Gasteiger partial charge is 0.240 e. The maximum Gasteiger partial charge on any atom is 0.240 e. The molecular weight excluding hydrogens is 388 g/mol. The standard InChI is InChI=1S/C21H24N4O3S/c1-16-7-8-20(13-17(16)2)29(27,28)23-11-9-21(26)24-19-6-3-5-18(14-19)15-25-12-4-10-22-25/h3-8,10,12-14,23H,9,11,15H2,1-2H3,(H,24,26). The van der Waals surface area contributed by atoms with Gasteiger partial charge >= 0.3 is 0 Å². The maximum absolute atomic E-state index is 12.4. The monoisotopic (exact) mass is 412 g/mol. The Bertz CT molecular complexity index is 1090. The van der Waals surface area contributed by atoms with Gasteiger partial charge in [0.1, 0.15) is 0 Å². The fourth-order valence-corrected chi connectivity index (χ4v) is 3.93. The van der Waals surface area contributed by atoms with Crippen molar-refractivity contribution in [1.82, 2.24) is 14.5 Å². The van der Waals surface area contributed by atoms with Gasteiger partial charge in [-0.05, 0) is 60.9 Å². The summed E-state index contributed by atoms with van der Waals surface area (Å²) >= 11 is 0. The molecule has 0 aliphatic rings. The highest BCUT2D eigenvalue weighted by Gasteiger charge is 2.15. The number of hydrogen-bond donors (Lipinski definition) is 2. The van der Waals surface area contributed by atoms with Crippen LogP contribution in [0, 0.1) is 13.8 Å². The lowest BCUT2D eigenvalue weighted by Gasteiger charge is -2.10. The van der Waals surface area contributed by atoms with Gasteiger partial charge in [0.2, 0.25) is 15.9 Å². The van der Waals surface area contributed by atoms with Crippen molar-refractivity contribution in [1.29, 1.82) is 0 Å². The molecule has 0 unspecified atom stereocenters. The second kappa shape index (κ2) is 9.02. The van der Waals surface area contributed by atoms with Crippen LogP contribution >= 0.6 is 0 Å². The molecule has 0 radical (unpaired) electrons. The van der Waals surface area contributed by atoms with Crippen LogP contribution < -0.4 is 10.0 Å². The van der Waals surface area contributed by atoms with Gasteiger partial charge in [0.25, 0.3) is 0 Å². The number of nitrogens with one attached hydrogen (secondary N) is 2. The predicted molar refractivity (Wildman–Crippen MR) is 112 cm³/mol. The highest BCUT2D eigenvalue weighted by molar-refractivity contribution is 7.89. The number of hydrogen-bond acceptors (Lipinski definition) is 4. The van der Waals surface area contributed by atoms with E-state index in [9.17, 15) is 13.2 Å². The van der Waals surface area contributed by atoms with Crippen molar-refractivity contribution < 1.29 is 13.2 Å². The third kappa shape index (κ3) is 5.75. The molecule has 0 bridgehead atoms. The van der Waals surface area contributed by atoms with E-state index in [2.05, 4.69) is 15.1 Å². The minimum absolute atomic E-state index is 0.0219. The molecule has 0 saturated carbocycles. The number of amides is 1. The fourth-order valence-electron chi connectivity index (χ4n) is 2.82. The molecule has 0 spiro atoms. The second-order valence-electron chi connectivity index (χ2n) is 6.85. The zero-order valence-corrected chi connectivity index (χ0v) is 17.2. The Morgan fingerprint density at radius 3 is 2.62 bits per heavy atom. The summed E-state index contributed by atoms with van der Waals surface area (Å²) in [5, 5.41) is 6.97. The number of aryl methyl sites for hydroxylation is 2. The molecule has 29 heavy (non-hydrogen) atoms. The zero-order valence-electron chi connectivity index (χ0n) is 16.4. The molecule has 2 aromatic carbocycles. The van der Waals surface area contributed by atoms with Crippen LogP contribution in [0.25, 0.3) is 0 Å². The molecular formula is C21H24N4O3S. The third-order valence-electron chi connectivity index (χ3n) is 4.55. The van der Waals surface area contributed by atoms with E-state index >= 15 is 0 Å². The van der Waals surface area contributed by atoms with Crippen LogP contribution in [-0.4, -0.2) is 30.7 Å². The number of carbonyl (C=O) groups is 1. The van der Waals surface area contributed by atoms with E-state index in [0.29, 0.717) is 12.2 Å². The Kier molecular flexibility index (Phi) is 6.46. The van der Waals surface area contributed by atoms with Crippen LogP contribution in [0.1, 0.15) is 23.1 Å².